The smallest absolute Gasteiger partial charge is 0.243 e. The normalized spacial score (nSPS) is 20.7. The number of carbonyl (C=O) groups is 1. The lowest BCUT2D eigenvalue weighted by Gasteiger charge is -2.31. The van der Waals surface area contributed by atoms with E-state index in [9.17, 15) is 13.2 Å². The Balaban J connectivity index is 1.36. The number of rotatable bonds is 6. The van der Waals surface area contributed by atoms with E-state index in [0.29, 0.717) is 31.2 Å². The van der Waals surface area contributed by atoms with E-state index in [0.717, 1.165) is 18.6 Å². The minimum atomic E-state index is -3.58. The number of hydrogen-bond acceptors (Lipinski definition) is 4. The van der Waals surface area contributed by atoms with Crippen molar-refractivity contribution in [1.29, 1.82) is 0 Å². The lowest BCUT2D eigenvalue weighted by Crippen LogP contribution is -2.43. The van der Waals surface area contributed by atoms with Crippen molar-refractivity contribution >= 4 is 21.6 Å². The zero-order valence-electron chi connectivity index (χ0n) is 17.0. The van der Waals surface area contributed by atoms with Gasteiger partial charge < -0.3 is 10.1 Å². The highest BCUT2D eigenvalue weighted by molar-refractivity contribution is 7.89. The Morgan fingerprint density at radius 3 is 2.33 bits per heavy atom. The molecule has 1 saturated heterocycles. The number of nitrogens with one attached hydrogen (secondary N) is 1. The fourth-order valence-corrected chi connectivity index (χ4v) is 5.72. The summed E-state index contributed by atoms with van der Waals surface area (Å²) in [7, 11) is -3.58. The molecule has 7 heteroatoms. The van der Waals surface area contributed by atoms with Gasteiger partial charge in [-0.3, -0.25) is 4.79 Å². The predicted octanol–water partition coefficient (Wildman–Crippen LogP) is 4.05. The van der Waals surface area contributed by atoms with Crippen LogP contribution in [0.4, 0.5) is 5.69 Å². The summed E-state index contributed by atoms with van der Waals surface area (Å²) in [5.74, 6) is 0.303. The SMILES string of the molecule is O=C(Nc1ccc(OC2CCCC2)cc1)C1CCCN(S(=O)(=O)c2ccccc2)C1. The average molecular weight is 429 g/mol. The first-order valence-corrected chi connectivity index (χ1v) is 12.1. The minimum absolute atomic E-state index is 0.146. The van der Waals surface area contributed by atoms with Crippen molar-refractivity contribution in [2.24, 2.45) is 5.92 Å². The molecular weight excluding hydrogens is 400 g/mol. The molecule has 2 fully saturated rings. The monoisotopic (exact) mass is 428 g/mol. The highest BCUT2D eigenvalue weighted by Gasteiger charge is 2.33. The number of sulfonamides is 1. The molecule has 2 aromatic rings. The standard InChI is InChI=1S/C23H28N2O4S/c26-23(24-19-12-14-21(15-13-19)29-20-8-4-5-9-20)18-7-6-16-25(17-18)30(27,28)22-10-2-1-3-11-22/h1-3,10-15,18,20H,4-9,16-17H2,(H,24,26). The van der Waals surface area contributed by atoms with E-state index in [4.69, 9.17) is 4.74 Å². The molecule has 1 unspecified atom stereocenters. The van der Waals surface area contributed by atoms with Gasteiger partial charge in [0.25, 0.3) is 0 Å². The third-order valence-electron chi connectivity index (χ3n) is 5.86. The molecule has 0 bridgehead atoms. The van der Waals surface area contributed by atoms with Crippen LogP contribution in [0.1, 0.15) is 38.5 Å². The second-order valence-corrected chi connectivity index (χ2v) is 9.99. The number of carbonyl (C=O) groups excluding carboxylic acids is 1. The Morgan fingerprint density at radius 2 is 1.63 bits per heavy atom. The van der Waals surface area contributed by atoms with Crippen LogP contribution in [0.5, 0.6) is 5.75 Å². The zero-order chi connectivity index (χ0) is 21.0. The average Bonchev–Trinajstić information content (AvgIpc) is 3.29. The molecule has 0 radical (unpaired) electrons. The van der Waals surface area contributed by atoms with Crippen molar-refractivity contribution in [3.8, 4) is 5.75 Å². The van der Waals surface area contributed by atoms with E-state index in [1.807, 2.05) is 24.3 Å². The largest absolute Gasteiger partial charge is 0.490 e. The molecule has 30 heavy (non-hydrogen) atoms. The number of anilines is 1. The first-order valence-electron chi connectivity index (χ1n) is 10.7. The Hall–Kier alpha value is -2.38. The lowest BCUT2D eigenvalue weighted by atomic mass is 9.99. The van der Waals surface area contributed by atoms with Crippen LogP contribution in [0, 0.1) is 5.92 Å². The van der Waals surface area contributed by atoms with Gasteiger partial charge in [-0.15, -0.1) is 0 Å². The van der Waals surface area contributed by atoms with Crippen molar-refractivity contribution in [1.82, 2.24) is 4.31 Å². The Kier molecular flexibility index (Phi) is 6.39. The van der Waals surface area contributed by atoms with Crippen LogP contribution in [0.2, 0.25) is 0 Å². The van der Waals surface area contributed by atoms with E-state index in [2.05, 4.69) is 5.32 Å². The van der Waals surface area contributed by atoms with Crippen LogP contribution in [0.15, 0.2) is 59.5 Å². The van der Waals surface area contributed by atoms with Gasteiger partial charge in [0.15, 0.2) is 0 Å². The van der Waals surface area contributed by atoms with Gasteiger partial charge in [-0.25, -0.2) is 8.42 Å². The highest BCUT2D eigenvalue weighted by Crippen LogP contribution is 2.27. The van der Waals surface area contributed by atoms with Gasteiger partial charge in [-0.2, -0.15) is 4.31 Å². The maximum absolute atomic E-state index is 12.9. The lowest BCUT2D eigenvalue weighted by molar-refractivity contribution is -0.120. The molecule has 160 valence electrons. The molecule has 1 atom stereocenters. The molecule has 0 spiro atoms. The molecule has 1 saturated carbocycles. The summed E-state index contributed by atoms with van der Waals surface area (Å²) in [5, 5.41) is 2.93. The number of benzene rings is 2. The Bertz CT molecular complexity index is 954. The van der Waals surface area contributed by atoms with Crippen LogP contribution in [-0.2, 0) is 14.8 Å². The van der Waals surface area contributed by atoms with Gasteiger partial charge in [0, 0.05) is 18.8 Å². The molecule has 1 aliphatic heterocycles. The third-order valence-corrected chi connectivity index (χ3v) is 7.74. The number of ether oxygens (including phenoxy) is 1. The van der Waals surface area contributed by atoms with E-state index in [-0.39, 0.29) is 23.3 Å². The van der Waals surface area contributed by atoms with Crippen LogP contribution >= 0.6 is 0 Å². The number of piperidine rings is 1. The molecule has 2 aliphatic rings. The summed E-state index contributed by atoms with van der Waals surface area (Å²) in [5.41, 5.74) is 0.696. The molecular formula is C23H28N2O4S. The summed E-state index contributed by atoms with van der Waals surface area (Å²) in [6.45, 7) is 0.639. The van der Waals surface area contributed by atoms with Gasteiger partial charge in [-0.1, -0.05) is 18.2 Å². The first kappa shape index (κ1) is 20.9. The predicted molar refractivity (Wildman–Crippen MR) is 116 cm³/mol. The second kappa shape index (κ2) is 9.18. The fourth-order valence-electron chi connectivity index (χ4n) is 4.18. The van der Waals surface area contributed by atoms with E-state index < -0.39 is 10.0 Å². The van der Waals surface area contributed by atoms with E-state index in [1.54, 1.807) is 30.3 Å². The summed E-state index contributed by atoms with van der Waals surface area (Å²) < 4.78 is 33.1. The Labute approximate surface area is 178 Å². The summed E-state index contributed by atoms with van der Waals surface area (Å²) in [6.07, 6.45) is 6.28. The zero-order valence-corrected chi connectivity index (χ0v) is 17.8. The Morgan fingerprint density at radius 1 is 0.933 bits per heavy atom. The quantitative estimate of drug-likeness (QED) is 0.753. The van der Waals surface area contributed by atoms with Gasteiger partial charge in [0.05, 0.1) is 16.9 Å². The van der Waals surface area contributed by atoms with E-state index >= 15 is 0 Å². The molecule has 0 aromatic heterocycles. The highest BCUT2D eigenvalue weighted by atomic mass is 32.2. The van der Waals surface area contributed by atoms with Crippen molar-refractivity contribution in [2.75, 3.05) is 18.4 Å². The van der Waals surface area contributed by atoms with Crippen LogP contribution < -0.4 is 10.1 Å². The maximum atomic E-state index is 12.9. The van der Waals surface area contributed by atoms with Crippen molar-refractivity contribution in [2.45, 2.75) is 49.5 Å². The second-order valence-electron chi connectivity index (χ2n) is 8.05. The minimum Gasteiger partial charge on any atom is -0.490 e. The summed E-state index contributed by atoms with van der Waals surface area (Å²) in [6, 6.07) is 15.8. The molecule has 1 N–H and O–H groups in total. The van der Waals surface area contributed by atoms with Crippen molar-refractivity contribution < 1.29 is 17.9 Å². The van der Waals surface area contributed by atoms with Gasteiger partial charge in [0.2, 0.25) is 15.9 Å². The topological polar surface area (TPSA) is 75.7 Å². The van der Waals surface area contributed by atoms with Crippen molar-refractivity contribution in [3.05, 3.63) is 54.6 Å². The summed E-state index contributed by atoms with van der Waals surface area (Å²) >= 11 is 0. The van der Waals surface area contributed by atoms with Gasteiger partial charge in [0.1, 0.15) is 5.75 Å². The summed E-state index contributed by atoms with van der Waals surface area (Å²) in [4.78, 5) is 13.0. The third kappa shape index (κ3) is 4.84. The van der Waals surface area contributed by atoms with Crippen LogP contribution in [0.25, 0.3) is 0 Å². The van der Waals surface area contributed by atoms with Crippen molar-refractivity contribution in [3.63, 3.8) is 0 Å². The molecule has 1 heterocycles. The molecule has 1 amide bonds. The fraction of sp³-hybridized carbons (Fsp3) is 0.435. The van der Waals surface area contributed by atoms with E-state index in [1.165, 1.54) is 17.1 Å². The molecule has 6 nitrogen and oxygen atoms in total. The molecule has 2 aromatic carbocycles. The molecule has 1 aliphatic carbocycles. The van der Waals surface area contributed by atoms with Gasteiger partial charge in [-0.05, 0) is 74.9 Å². The first-order chi connectivity index (χ1) is 14.5. The van der Waals surface area contributed by atoms with Crippen LogP contribution in [-0.4, -0.2) is 37.8 Å². The van der Waals surface area contributed by atoms with Gasteiger partial charge >= 0.3 is 0 Å². The number of amides is 1. The maximum Gasteiger partial charge on any atom is 0.243 e. The molecule has 4 rings (SSSR count). The number of hydrogen-bond donors (Lipinski definition) is 1. The van der Waals surface area contributed by atoms with Crippen LogP contribution in [0.3, 0.4) is 0 Å². The number of nitrogens with zero attached hydrogens (tertiary/aromatic N) is 1.